The first-order valence-corrected chi connectivity index (χ1v) is 39.8. The van der Waals surface area contributed by atoms with Gasteiger partial charge in [0, 0.05) is 49.6 Å². The minimum atomic E-state index is -2.32. The SMILES string of the molecule is CC(=O)NC1[C@H](O[C@@H]2c3ccc(c(Cl)c3)Oc3cc4cc(c3O[C@@H]3OC(CO)[C@@H](O)[C@H](O)C3NC(=O)CC(C)O)Oc3ccc(cc3Cl)C[C@H]3NC(=O)[C@H](N)c5ccc(O)c(c5)Oc5cc(O)cc(c5)[C@H](CC3=O)C(=O)N[C@H]4C(=O)C[C@H]3C(=O)N[C@@H]2C(=O)NCc2cc(O)cc(O[C@H]4OC(CO)[C@@H](O)C(O)[C@H]4O)c2-c2cc3ccc2O)OC(CO)[C@@H](O)[C@@H]1O. The Labute approximate surface area is 712 Å². The average molecular weight is 1770 g/mol. The highest BCUT2D eigenvalue weighted by Crippen LogP contribution is 2.51. The van der Waals surface area contributed by atoms with Gasteiger partial charge >= 0.3 is 0 Å². The third-order valence-corrected chi connectivity index (χ3v) is 22.8. The summed E-state index contributed by atoms with van der Waals surface area (Å²) in [6.07, 6.45) is -32.1. The summed E-state index contributed by atoms with van der Waals surface area (Å²) in [5.74, 6) is -19.1. The molecule has 124 heavy (non-hydrogen) atoms. The number of rotatable bonds is 13. The van der Waals surface area contributed by atoms with Crippen LogP contribution in [0.3, 0.4) is 0 Å². The molecular formula is C83H87Cl2N7O32. The first-order chi connectivity index (χ1) is 59.0. The third kappa shape index (κ3) is 18.6. The Bertz CT molecular complexity index is 5300. The molecule has 0 radical (unpaired) electrons. The summed E-state index contributed by atoms with van der Waals surface area (Å²) in [7, 11) is 0. The standard InChI is InChI=1S/C83H87Cl2N7O32/c1-30(96)11-61(104)90-66-72(109)69(106)59(28-94)121-82(66)124-76-56-20-37-21-57(76)118-53-10-6-35(18-46(53)85)75(123-81-65(88-31(2)97)71(108)68(105)58(27-93)120-81)67-80(115)87-26-38-15-40(99)23-55(119-83-74(111)73(110)70(107)60(29-95)122-83)62(38)44-17-33(4-7-48(44)100)42(77(112)92-67)25-51(103)64(37)91-78(113)43-24-50(102)47(13-32-3-9-52(117-56)45(84)12-32)89-79(114)63(86)34-5-8-49(101)54(19-34)116-41-16-36(43)14-39(98)22-41/h3-10,12,14-23,30,42-43,47,58-60,63-75,81-83,93-96,98-101,105-111H,11,13,24-29,86H2,1-2H3,(H,87,115)(H,88,97)(H,89,114)(H,90,104)(H,91,113)(H,92,112)/t30?,42-,43+,47-,58?,59?,60?,63-,64-,65?,66?,67+,68-,69-,70-,71-,72-,73?,74-,75-,81+,82+,83+/m1/s1. The molecule has 17 bridgehead atoms. The van der Waals surface area contributed by atoms with Gasteiger partial charge < -0.3 is 157 Å². The zero-order valence-corrected chi connectivity index (χ0v) is 66.9. The molecule has 0 saturated carbocycles. The summed E-state index contributed by atoms with van der Waals surface area (Å²) in [4.78, 5) is 123. The number of ether oxygens (including phenoxy) is 9. The Morgan fingerprint density at radius 3 is 1.77 bits per heavy atom. The van der Waals surface area contributed by atoms with E-state index in [1.807, 2.05) is 0 Å². The van der Waals surface area contributed by atoms with Crippen molar-refractivity contribution in [2.24, 2.45) is 5.73 Å². The molecule has 3 saturated heterocycles. The number of aromatic hydroxyl groups is 4. The molecule has 3 fully saturated rings. The largest absolute Gasteiger partial charge is 0.508 e. The molecule has 23 N–H and O–H groups in total. The van der Waals surface area contributed by atoms with E-state index in [2.05, 4.69) is 31.9 Å². The van der Waals surface area contributed by atoms with Crippen LogP contribution in [0, 0.1) is 0 Å². The number of hydrogen-bond donors (Lipinski definition) is 22. The van der Waals surface area contributed by atoms with Gasteiger partial charge in [-0.25, -0.2) is 0 Å². The van der Waals surface area contributed by atoms with Gasteiger partial charge in [-0.3, -0.25) is 38.4 Å². The molecule has 0 spiro atoms. The van der Waals surface area contributed by atoms with E-state index in [1.165, 1.54) is 49.4 Å². The first kappa shape index (κ1) is 89.1. The molecule has 7 aromatic carbocycles. The van der Waals surface area contributed by atoms with Crippen LogP contribution in [-0.2, 0) is 70.3 Å². The van der Waals surface area contributed by atoms with E-state index in [4.69, 9.17) is 71.6 Å². The highest BCUT2D eigenvalue weighted by molar-refractivity contribution is 6.32. The van der Waals surface area contributed by atoms with Gasteiger partial charge in [-0.05, 0) is 131 Å². The Balaban J connectivity index is 1.04. The zero-order valence-electron chi connectivity index (χ0n) is 65.4. The summed E-state index contributed by atoms with van der Waals surface area (Å²) in [6.45, 7) is -1.47. The maximum absolute atomic E-state index is 17.0. The Morgan fingerprint density at radius 1 is 0.532 bits per heavy atom. The van der Waals surface area contributed by atoms with E-state index in [1.54, 1.807) is 0 Å². The van der Waals surface area contributed by atoms with Gasteiger partial charge in [-0.2, -0.15) is 0 Å². The molecule has 7 aromatic rings. The lowest BCUT2D eigenvalue weighted by Gasteiger charge is -2.44. The normalized spacial score (nSPS) is 29.8. The fourth-order valence-corrected chi connectivity index (χ4v) is 16.3. The number of carbonyl (C=O) groups is 8. The van der Waals surface area contributed by atoms with Crippen LogP contribution in [0.2, 0.25) is 10.0 Å². The van der Waals surface area contributed by atoms with E-state index >= 15 is 24.0 Å². The van der Waals surface area contributed by atoms with Crippen molar-refractivity contribution in [3.63, 3.8) is 0 Å². The number of hydrogen-bond acceptors (Lipinski definition) is 33. The lowest BCUT2D eigenvalue weighted by atomic mass is 9.85. The second-order valence-electron chi connectivity index (χ2n) is 31.0. The zero-order chi connectivity index (χ0) is 88.9. The number of Topliss-reactive ketones (excluding diaryl/α,β-unsaturated/α-hetero) is 2. The number of halogens is 2. The van der Waals surface area contributed by atoms with Gasteiger partial charge in [-0.1, -0.05) is 47.5 Å². The van der Waals surface area contributed by atoms with Crippen molar-refractivity contribution >= 4 is 70.2 Å². The van der Waals surface area contributed by atoms with Crippen molar-refractivity contribution in [3.05, 3.63) is 164 Å². The molecular weight excluding hydrogens is 1680 g/mol. The van der Waals surface area contributed by atoms with E-state index < -0.39 is 302 Å². The number of nitrogens with two attached hydrogens (primary N) is 1. The van der Waals surface area contributed by atoms with Crippen LogP contribution in [0.1, 0.15) is 102 Å². The molecule has 9 aliphatic heterocycles. The summed E-state index contributed by atoms with van der Waals surface area (Å²) in [6, 6.07) is 10.5. The lowest BCUT2D eigenvalue weighted by Crippen LogP contribution is -2.65. The van der Waals surface area contributed by atoms with Crippen molar-refractivity contribution in [1.82, 2.24) is 31.9 Å². The smallest absolute Gasteiger partial charge is 0.245 e. The minimum Gasteiger partial charge on any atom is -0.508 e. The van der Waals surface area contributed by atoms with Crippen LogP contribution < -0.4 is 61.3 Å². The van der Waals surface area contributed by atoms with Crippen molar-refractivity contribution in [2.75, 3.05) is 19.8 Å². The number of aliphatic hydroxyl groups excluding tert-OH is 11. The Hall–Kier alpha value is -11.2. The molecule has 16 rings (SSSR count). The van der Waals surface area contributed by atoms with E-state index in [0.717, 1.165) is 79.7 Å². The second kappa shape index (κ2) is 36.9. The van der Waals surface area contributed by atoms with Gasteiger partial charge in [0.1, 0.15) is 138 Å². The molecule has 9 heterocycles. The number of ketones is 2. The summed E-state index contributed by atoms with van der Waals surface area (Å²) in [5, 5.41) is 183. The number of phenolic OH excluding ortho intramolecular Hbond substituents is 4. The molecule has 41 heteroatoms. The van der Waals surface area contributed by atoms with Crippen LogP contribution in [-0.4, -0.2) is 254 Å². The summed E-state index contributed by atoms with van der Waals surface area (Å²) in [5.41, 5.74) is 4.80. The first-order valence-electron chi connectivity index (χ1n) is 39.0. The number of nitrogens with one attached hydrogen (secondary N) is 6. The number of phenols is 4. The topological polar surface area (TPSA) is 621 Å². The van der Waals surface area contributed by atoms with Crippen molar-refractivity contribution in [2.45, 2.75) is 186 Å². The van der Waals surface area contributed by atoms with Crippen molar-refractivity contribution in [3.8, 4) is 80.1 Å². The Kier molecular flexibility index (Phi) is 26.6. The summed E-state index contributed by atoms with van der Waals surface area (Å²) >= 11 is 14.7. The number of carbonyl (C=O) groups excluding carboxylic acids is 8. The molecule has 23 atom stereocenters. The van der Waals surface area contributed by atoms with Gasteiger partial charge in [0.05, 0.1) is 60.3 Å². The molecule has 6 amide bonds. The fraction of sp³-hybridized carbons (Fsp3) is 0.398. The number of amides is 6. The number of benzene rings is 7. The minimum absolute atomic E-state index is 0.0616. The highest BCUT2D eigenvalue weighted by Gasteiger charge is 2.52. The van der Waals surface area contributed by atoms with Gasteiger partial charge in [-0.15, -0.1) is 0 Å². The maximum atomic E-state index is 17.0. The average Bonchev–Trinajstić information content (AvgIpc) is 0.761. The second-order valence-corrected chi connectivity index (χ2v) is 31.8. The number of aliphatic hydroxyl groups is 11. The van der Waals surface area contributed by atoms with E-state index in [-0.39, 0.29) is 66.8 Å². The van der Waals surface area contributed by atoms with Crippen LogP contribution in [0.5, 0.6) is 69.0 Å². The van der Waals surface area contributed by atoms with Crippen LogP contribution >= 0.6 is 23.2 Å². The quantitative estimate of drug-likeness (QED) is 0.0719. The van der Waals surface area contributed by atoms with Crippen LogP contribution in [0.25, 0.3) is 11.1 Å². The maximum Gasteiger partial charge on any atom is 0.245 e. The Morgan fingerprint density at radius 2 is 1.11 bits per heavy atom. The third-order valence-electron chi connectivity index (χ3n) is 22.2. The molecule has 39 nitrogen and oxygen atoms in total. The van der Waals surface area contributed by atoms with E-state index in [0.29, 0.717) is 0 Å². The monoisotopic (exact) mass is 1760 g/mol. The lowest BCUT2D eigenvalue weighted by molar-refractivity contribution is -0.284. The molecule has 0 aromatic heterocycles. The van der Waals surface area contributed by atoms with E-state index in [9.17, 15) is 91.0 Å². The molecule has 0 aliphatic carbocycles. The summed E-state index contributed by atoms with van der Waals surface area (Å²) < 4.78 is 57.4. The van der Waals surface area contributed by atoms with Crippen molar-refractivity contribution < 1.29 is 158 Å². The predicted molar refractivity (Wildman–Crippen MR) is 423 cm³/mol. The highest BCUT2D eigenvalue weighted by atomic mass is 35.5. The van der Waals surface area contributed by atoms with Gasteiger partial charge in [0.2, 0.25) is 53.8 Å². The molecule has 660 valence electrons. The van der Waals surface area contributed by atoms with Gasteiger partial charge in [0.25, 0.3) is 0 Å². The van der Waals surface area contributed by atoms with Gasteiger partial charge in [0.15, 0.2) is 40.9 Å². The number of fused-ring (bicyclic) bond motifs is 14. The van der Waals surface area contributed by atoms with Crippen LogP contribution in [0.4, 0.5) is 0 Å². The fourth-order valence-electron chi connectivity index (χ4n) is 15.8. The van der Waals surface area contributed by atoms with Crippen LogP contribution in [0.15, 0.2) is 115 Å². The molecule has 9 aliphatic rings. The molecule has 7 unspecified atom stereocenters. The van der Waals surface area contributed by atoms with Crippen molar-refractivity contribution in [1.29, 1.82) is 0 Å². The predicted octanol–water partition coefficient (Wildman–Crippen LogP) is -0.0609.